The Morgan fingerprint density at radius 3 is 2.71 bits per heavy atom. The highest BCUT2D eigenvalue weighted by Gasteiger charge is 2.04. The Labute approximate surface area is 82.3 Å². The Bertz CT molecular complexity index is 322. The summed E-state index contributed by atoms with van der Waals surface area (Å²) in [6.45, 7) is 0. The Hall–Kier alpha value is -1.68. The van der Waals surface area contributed by atoms with Crippen LogP contribution in [-0.2, 0) is 4.79 Å². The van der Waals surface area contributed by atoms with E-state index in [1.54, 1.807) is 25.5 Å². The molecule has 4 heteroatoms. The lowest BCUT2D eigenvalue weighted by Gasteiger charge is -2.10. The number of hydrogen-bond acceptors (Lipinski definition) is 3. The van der Waals surface area contributed by atoms with Crippen LogP contribution in [0.2, 0.25) is 0 Å². The molecule has 74 valence electrons. The first kappa shape index (κ1) is 10.4. The molecule has 0 aromatic carbocycles. The van der Waals surface area contributed by atoms with Crippen molar-refractivity contribution in [2.24, 2.45) is 0 Å². The number of nitrogens with one attached hydrogen (secondary N) is 1. The molecular formula is C10H12N2O2. The van der Waals surface area contributed by atoms with Crippen LogP contribution in [0.5, 0.6) is 0 Å². The van der Waals surface area contributed by atoms with Crippen molar-refractivity contribution in [1.29, 1.82) is 0 Å². The number of pyridine rings is 1. The highest BCUT2D eigenvalue weighted by atomic mass is 16.4. The summed E-state index contributed by atoms with van der Waals surface area (Å²) in [6.07, 6.45) is 6.07. The van der Waals surface area contributed by atoms with E-state index in [-0.39, 0.29) is 6.04 Å². The van der Waals surface area contributed by atoms with Gasteiger partial charge in [0.25, 0.3) is 0 Å². The van der Waals surface area contributed by atoms with Crippen molar-refractivity contribution in [3.63, 3.8) is 0 Å². The van der Waals surface area contributed by atoms with Gasteiger partial charge in [-0.2, -0.15) is 0 Å². The molecule has 1 atom stereocenters. The van der Waals surface area contributed by atoms with Crippen molar-refractivity contribution >= 4 is 5.97 Å². The molecule has 0 saturated carbocycles. The van der Waals surface area contributed by atoms with Crippen molar-refractivity contribution < 1.29 is 9.90 Å². The third kappa shape index (κ3) is 2.99. The van der Waals surface area contributed by atoms with Gasteiger partial charge in [0.05, 0.1) is 6.04 Å². The van der Waals surface area contributed by atoms with Crippen molar-refractivity contribution in [3.05, 3.63) is 42.2 Å². The zero-order valence-corrected chi connectivity index (χ0v) is 7.84. The standard InChI is InChI=1S/C10H12N2O2/c1-11-9(2-3-10(13)14)8-4-6-12-7-5-8/h2-7,9,11H,1H3,(H,13,14)/b3-2+. The molecule has 0 amide bonds. The van der Waals surface area contributed by atoms with Gasteiger partial charge in [0.1, 0.15) is 0 Å². The zero-order chi connectivity index (χ0) is 10.4. The van der Waals surface area contributed by atoms with Crippen molar-refractivity contribution in [2.75, 3.05) is 7.05 Å². The Morgan fingerprint density at radius 1 is 1.57 bits per heavy atom. The number of aliphatic carboxylic acids is 1. The van der Waals surface area contributed by atoms with Crippen molar-refractivity contribution in [3.8, 4) is 0 Å². The zero-order valence-electron chi connectivity index (χ0n) is 7.84. The fourth-order valence-electron chi connectivity index (χ4n) is 1.12. The molecule has 0 spiro atoms. The van der Waals surface area contributed by atoms with Gasteiger partial charge >= 0.3 is 5.97 Å². The second-order valence-corrected chi connectivity index (χ2v) is 2.74. The van der Waals surface area contributed by atoms with E-state index in [1.165, 1.54) is 0 Å². The fraction of sp³-hybridized carbons (Fsp3) is 0.200. The maximum absolute atomic E-state index is 10.3. The SMILES string of the molecule is CNC(/C=C/C(=O)O)c1ccncc1. The quantitative estimate of drug-likeness (QED) is 0.698. The van der Waals surface area contributed by atoms with Gasteiger partial charge in [-0.25, -0.2) is 4.79 Å². The third-order valence-corrected chi connectivity index (χ3v) is 1.81. The van der Waals surface area contributed by atoms with Crippen molar-refractivity contribution in [1.82, 2.24) is 10.3 Å². The van der Waals surface area contributed by atoms with Gasteiger partial charge in [0, 0.05) is 18.5 Å². The number of carboxylic acids is 1. The van der Waals surface area contributed by atoms with Crippen LogP contribution in [0.4, 0.5) is 0 Å². The van der Waals surface area contributed by atoms with Gasteiger partial charge in [-0.3, -0.25) is 4.98 Å². The number of aromatic nitrogens is 1. The normalized spacial score (nSPS) is 12.9. The lowest BCUT2D eigenvalue weighted by molar-refractivity contribution is -0.131. The second-order valence-electron chi connectivity index (χ2n) is 2.74. The Morgan fingerprint density at radius 2 is 2.21 bits per heavy atom. The number of likely N-dealkylation sites (N-methyl/N-ethyl adjacent to an activating group) is 1. The highest BCUT2D eigenvalue weighted by molar-refractivity contribution is 5.79. The molecule has 0 radical (unpaired) electrons. The maximum Gasteiger partial charge on any atom is 0.328 e. The summed E-state index contributed by atoms with van der Waals surface area (Å²) in [4.78, 5) is 14.2. The Balaban J connectivity index is 2.78. The summed E-state index contributed by atoms with van der Waals surface area (Å²) in [7, 11) is 1.78. The second kappa shape index (κ2) is 5.14. The number of hydrogen-bond donors (Lipinski definition) is 2. The molecule has 0 aliphatic carbocycles. The van der Waals surface area contributed by atoms with Crippen LogP contribution < -0.4 is 5.32 Å². The van der Waals surface area contributed by atoms with Crippen LogP contribution in [0.1, 0.15) is 11.6 Å². The molecular weight excluding hydrogens is 180 g/mol. The minimum atomic E-state index is -0.945. The lowest BCUT2D eigenvalue weighted by Crippen LogP contribution is -2.14. The molecule has 14 heavy (non-hydrogen) atoms. The van der Waals surface area contributed by atoms with E-state index in [0.29, 0.717) is 0 Å². The first-order valence-corrected chi connectivity index (χ1v) is 4.22. The molecule has 1 aromatic heterocycles. The first-order valence-electron chi connectivity index (χ1n) is 4.22. The predicted octanol–water partition coefficient (Wildman–Crippen LogP) is 0.983. The minimum absolute atomic E-state index is 0.0888. The molecule has 0 fully saturated rings. The van der Waals surface area contributed by atoms with E-state index in [1.807, 2.05) is 12.1 Å². The molecule has 0 aliphatic rings. The molecule has 1 rings (SSSR count). The van der Waals surface area contributed by atoms with Crippen molar-refractivity contribution in [2.45, 2.75) is 6.04 Å². The summed E-state index contributed by atoms with van der Waals surface area (Å²) in [5, 5.41) is 11.5. The van der Waals surface area contributed by atoms with E-state index in [0.717, 1.165) is 11.6 Å². The van der Waals surface area contributed by atoms with Crippen LogP contribution in [-0.4, -0.2) is 23.1 Å². The van der Waals surface area contributed by atoms with Gasteiger partial charge in [-0.15, -0.1) is 0 Å². The van der Waals surface area contributed by atoms with Crippen LogP contribution in [0.15, 0.2) is 36.7 Å². The van der Waals surface area contributed by atoms with Crippen LogP contribution in [0.3, 0.4) is 0 Å². The van der Waals surface area contributed by atoms with Crippen LogP contribution in [0.25, 0.3) is 0 Å². The summed E-state index contributed by atoms with van der Waals surface area (Å²) >= 11 is 0. The number of rotatable bonds is 4. The van der Waals surface area contributed by atoms with Gasteiger partial charge in [-0.05, 0) is 24.7 Å². The van der Waals surface area contributed by atoms with Crippen LogP contribution >= 0.6 is 0 Å². The van der Waals surface area contributed by atoms with Gasteiger partial charge in [0.15, 0.2) is 0 Å². The number of carboxylic acid groups (broad SMARTS) is 1. The molecule has 1 aromatic rings. The molecule has 1 unspecified atom stereocenters. The Kier molecular flexibility index (Phi) is 3.82. The summed E-state index contributed by atoms with van der Waals surface area (Å²) in [6, 6.07) is 3.59. The molecule has 1 heterocycles. The number of carbonyl (C=O) groups is 1. The van der Waals surface area contributed by atoms with Gasteiger partial charge in [-0.1, -0.05) is 6.08 Å². The van der Waals surface area contributed by atoms with Crippen LogP contribution in [0, 0.1) is 0 Å². The average molecular weight is 192 g/mol. The average Bonchev–Trinajstić information content (AvgIpc) is 2.20. The predicted molar refractivity (Wildman–Crippen MR) is 52.8 cm³/mol. The molecule has 0 saturated heterocycles. The van der Waals surface area contributed by atoms with Gasteiger partial charge < -0.3 is 10.4 Å². The molecule has 0 aliphatic heterocycles. The molecule has 4 nitrogen and oxygen atoms in total. The summed E-state index contributed by atoms with van der Waals surface area (Å²) in [5.74, 6) is -0.945. The monoisotopic (exact) mass is 192 g/mol. The fourth-order valence-corrected chi connectivity index (χ4v) is 1.12. The summed E-state index contributed by atoms with van der Waals surface area (Å²) in [5.41, 5.74) is 0.986. The number of nitrogens with zero attached hydrogens (tertiary/aromatic N) is 1. The minimum Gasteiger partial charge on any atom is -0.478 e. The van der Waals surface area contributed by atoms with E-state index < -0.39 is 5.97 Å². The lowest BCUT2D eigenvalue weighted by atomic mass is 10.1. The van der Waals surface area contributed by atoms with E-state index in [2.05, 4.69) is 10.3 Å². The van der Waals surface area contributed by atoms with E-state index in [4.69, 9.17) is 5.11 Å². The maximum atomic E-state index is 10.3. The third-order valence-electron chi connectivity index (χ3n) is 1.81. The largest absolute Gasteiger partial charge is 0.478 e. The molecule has 0 bridgehead atoms. The smallest absolute Gasteiger partial charge is 0.328 e. The highest BCUT2D eigenvalue weighted by Crippen LogP contribution is 2.11. The topological polar surface area (TPSA) is 62.2 Å². The molecule has 2 N–H and O–H groups in total. The first-order chi connectivity index (χ1) is 6.74. The van der Waals surface area contributed by atoms with E-state index in [9.17, 15) is 4.79 Å². The van der Waals surface area contributed by atoms with Gasteiger partial charge in [0.2, 0.25) is 0 Å². The van der Waals surface area contributed by atoms with E-state index >= 15 is 0 Å². The summed E-state index contributed by atoms with van der Waals surface area (Å²) < 4.78 is 0.